The first-order chi connectivity index (χ1) is 3.25. The van der Waals surface area contributed by atoms with Crippen LogP contribution in [0, 0.1) is 5.41 Å². The van der Waals surface area contributed by atoms with Crippen molar-refractivity contribution in [3.8, 4) is 0 Å². The van der Waals surface area contributed by atoms with Gasteiger partial charge in [-0.05, 0) is 10.9 Å². The third-order valence-electron chi connectivity index (χ3n) is 1.62. The predicted molar refractivity (Wildman–Crippen MR) is 37.8 cm³/mol. The topological polar surface area (TPSA) is 26.0 Å². The third-order valence-corrected chi connectivity index (χ3v) is 1.62. The minimum absolute atomic E-state index is 0.00694. The van der Waals surface area contributed by atoms with Gasteiger partial charge in [-0.25, -0.2) is 0 Å². The summed E-state index contributed by atoms with van der Waals surface area (Å²) in [5, 5.41) is 0. The smallest absolute Gasteiger partial charge is 0.0953 e. The molecule has 46 valence electrons. The first-order valence-corrected chi connectivity index (χ1v) is 2.83. The van der Waals surface area contributed by atoms with Crippen molar-refractivity contribution in [1.29, 1.82) is 0 Å². The molecule has 2 heteroatoms. The first-order valence-electron chi connectivity index (χ1n) is 2.83. The van der Waals surface area contributed by atoms with Crippen LogP contribution >= 0.6 is 0 Å². The van der Waals surface area contributed by atoms with Gasteiger partial charge >= 0.3 is 0 Å². The predicted octanol–water partition coefficient (Wildman–Crippen LogP) is 0.876. The summed E-state index contributed by atoms with van der Waals surface area (Å²) in [6, 6.07) is 0. The SMILES string of the molecule is [B]C(C)(N)C(C)(C)C. The zero-order valence-corrected chi connectivity index (χ0v) is 6.15. The normalized spacial score (nSPS) is 20.1. The maximum atomic E-state index is 5.59. The average molecular weight is 111 g/mol. The van der Waals surface area contributed by atoms with Crippen LogP contribution in [0.15, 0.2) is 0 Å². The minimum Gasteiger partial charge on any atom is -0.333 e. The summed E-state index contributed by atoms with van der Waals surface area (Å²) >= 11 is 0. The Bertz CT molecular complexity index is 63.5. The van der Waals surface area contributed by atoms with Crippen LogP contribution in [0.1, 0.15) is 27.7 Å². The fourth-order valence-electron chi connectivity index (χ4n) is 0. The van der Waals surface area contributed by atoms with Gasteiger partial charge < -0.3 is 5.73 Å². The van der Waals surface area contributed by atoms with E-state index in [1.165, 1.54) is 0 Å². The van der Waals surface area contributed by atoms with E-state index in [0.29, 0.717) is 0 Å². The van der Waals surface area contributed by atoms with Crippen LogP contribution < -0.4 is 5.73 Å². The lowest BCUT2D eigenvalue weighted by atomic mass is 9.63. The van der Waals surface area contributed by atoms with Gasteiger partial charge in [0, 0.05) is 0 Å². The molecule has 0 fully saturated rings. The van der Waals surface area contributed by atoms with Crippen molar-refractivity contribution in [2.24, 2.45) is 11.1 Å². The van der Waals surface area contributed by atoms with Gasteiger partial charge in [-0.1, -0.05) is 27.7 Å². The minimum atomic E-state index is -0.562. The van der Waals surface area contributed by atoms with Gasteiger partial charge in [0.1, 0.15) is 0 Å². The highest BCUT2D eigenvalue weighted by Gasteiger charge is 2.26. The van der Waals surface area contributed by atoms with E-state index in [1.54, 1.807) is 0 Å². The Kier molecular flexibility index (Phi) is 1.77. The molecule has 0 aliphatic rings. The van der Waals surface area contributed by atoms with E-state index in [9.17, 15) is 0 Å². The van der Waals surface area contributed by atoms with Crippen molar-refractivity contribution >= 4 is 7.85 Å². The fourth-order valence-corrected chi connectivity index (χ4v) is 0. The van der Waals surface area contributed by atoms with Gasteiger partial charge in [0.2, 0.25) is 0 Å². The second-order valence-corrected chi connectivity index (χ2v) is 3.53. The van der Waals surface area contributed by atoms with Crippen molar-refractivity contribution in [2.45, 2.75) is 33.1 Å². The fraction of sp³-hybridized carbons (Fsp3) is 1.00. The summed E-state index contributed by atoms with van der Waals surface area (Å²) in [7, 11) is 5.59. The molecule has 0 aliphatic heterocycles. The molecule has 0 rings (SSSR count). The van der Waals surface area contributed by atoms with Gasteiger partial charge in [-0.3, -0.25) is 0 Å². The molecular formula is C6H14BN. The van der Waals surface area contributed by atoms with Crippen molar-refractivity contribution in [1.82, 2.24) is 0 Å². The zero-order chi connectivity index (χ0) is 7.00. The molecule has 1 nitrogen and oxygen atoms in total. The monoisotopic (exact) mass is 111 g/mol. The van der Waals surface area contributed by atoms with Crippen LogP contribution in [0.3, 0.4) is 0 Å². The molecule has 1 unspecified atom stereocenters. The molecule has 2 N–H and O–H groups in total. The van der Waals surface area contributed by atoms with Crippen LogP contribution in [-0.4, -0.2) is 13.3 Å². The molecule has 2 radical (unpaired) electrons. The number of nitrogens with two attached hydrogens (primary N) is 1. The summed E-state index contributed by atoms with van der Waals surface area (Å²) in [4.78, 5) is 0. The largest absolute Gasteiger partial charge is 0.333 e. The summed E-state index contributed by atoms with van der Waals surface area (Å²) in [5.74, 6) is 0. The molecule has 0 aromatic carbocycles. The summed E-state index contributed by atoms with van der Waals surface area (Å²) in [6.07, 6.45) is 0. The molecule has 0 saturated heterocycles. The highest BCUT2D eigenvalue weighted by molar-refractivity contribution is 6.15. The van der Waals surface area contributed by atoms with Gasteiger partial charge in [-0.15, -0.1) is 0 Å². The first kappa shape index (κ1) is 8.02. The van der Waals surface area contributed by atoms with Crippen LogP contribution in [0.25, 0.3) is 0 Å². The van der Waals surface area contributed by atoms with Gasteiger partial charge in [0.05, 0.1) is 7.85 Å². The molecule has 0 spiro atoms. The van der Waals surface area contributed by atoms with Crippen molar-refractivity contribution < 1.29 is 0 Å². The van der Waals surface area contributed by atoms with Crippen molar-refractivity contribution in [3.63, 3.8) is 0 Å². The van der Waals surface area contributed by atoms with E-state index in [1.807, 2.05) is 27.7 Å². The highest BCUT2D eigenvalue weighted by Crippen LogP contribution is 2.23. The Morgan fingerprint density at radius 2 is 1.25 bits per heavy atom. The summed E-state index contributed by atoms with van der Waals surface area (Å²) in [6.45, 7) is 7.89. The molecular weight excluding hydrogens is 96.9 g/mol. The Labute approximate surface area is 53.1 Å². The van der Waals surface area contributed by atoms with E-state index in [-0.39, 0.29) is 5.41 Å². The Balaban J connectivity index is 4.02. The standard InChI is InChI=1S/C6H14BN/c1-5(2,3)6(4,7)8/h8H2,1-4H3. The zero-order valence-electron chi connectivity index (χ0n) is 6.15. The second-order valence-electron chi connectivity index (χ2n) is 3.53. The van der Waals surface area contributed by atoms with Crippen LogP contribution in [0.4, 0.5) is 0 Å². The molecule has 0 aromatic heterocycles. The molecule has 0 heterocycles. The van der Waals surface area contributed by atoms with E-state index in [0.717, 1.165) is 0 Å². The summed E-state index contributed by atoms with van der Waals surface area (Å²) in [5.41, 5.74) is 5.02. The van der Waals surface area contributed by atoms with Crippen molar-refractivity contribution in [3.05, 3.63) is 0 Å². The van der Waals surface area contributed by atoms with Crippen LogP contribution in [0.2, 0.25) is 0 Å². The van der Waals surface area contributed by atoms with Gasteiger partial charge in [-0.2, -0.15) is 0 Å². The number of hydrogen-bond acceptors (Lipinski definition) is 1. The molecule has 1 atom stereocenters. The Morgan fingerprint density at radius 3 is 1.25 bits per heavy atom. The second kappa shape index (κ2) is 1.76. The van der Waals surface area contributed by atoms with Gasteiger partial charge in [0.15, 0.2) is 0 Å². The molecule has 0 bridgehead atoms. The maximum absolute atomic E-state index is 5.59. The van der Waals surface area contributed by atoms with Crippen molar-refractivity contribution in [2.75, 3.05) is 0 Å². The Hall–Kier alpha value is 0.0249. The lowest BCUT2D eigenvalue weighted by molar-refractivity contribution is 0.298. The average Bonchev–Trinajstić information content (AvgIpc) is 1.25. The lowest BCUT2D eigenvalue weighted by Gasteiger charge is -2.35. The van der Waals surface area contributed by atoms with E-state index >= 15 is 0 Å². The number of rotatable bonds is 0. The molecule has 0 aromatic rings. The quantitative estimate of drug-likeness (QED) is 0.461. The molecule has 8 heavy (non-hydrogen) atoms. The number of hydrogen-bond donors (Lipinski definition) is 1. The molecule has 0 aliphatic carbocycles. The van der Waals surface area contributed by atoms with E-state index in [4.69, 9.17) is 13.6 Å². The van der Waals surface area contributed by atoms with E-state index in [2.05, 4.69) is 0 Å². The summed E-state index contributed by atoms with van der Waals surface area (Å²) < 4.78 is 0. The maximum Gasteiger partial charge on any atom is 0.0953 e. The lowest BCUT2D eigenvalue weighted by Crippen LogP contribution is -2.48. The molecule has 0 saturated carbocycles. The van der Waals surface area contributed by atoms with Gasteiger partial charge in [0.25, 0.3) is 0 Å². The Morgan fingerprint density at radius 1 is 1.12 bits per heavy atom. The highest BCUT2D eigenvalue weighted by atomic mass is 14.7. The third kappa shape index (κ3) is 1.87. The van der Waals surface area contributed by atoms with Crippen LogP contribution in [0.5, 0.6) is 0 Å². The van der Waals surface area contributed by atoms with E-state index < -0.39 is 5.44 Å². The molecule has 0 amide bonds. The van der Waals surface area contributed by atoms with Crippen LogP contribution in [-0.2, 0) is 0 Å².